The molecule has 1 aromatic carbocycles. The molecule has 0 bridgehead atoms. The highest BCUT2D eigenvalue weighted by Gasteiger charge is 2.29. The zero-order valence-corrected chi connectivity index (χ0v) is 26.2. The van der Waals surface area contributed by atoms with Crippen molar-refractivity contribution < 1.29 is 17.5 Å². The predicted octanol–water partition coefficient (Wildman–Crippen LogP) is 5.06. The number of hydrogen-bond acceptors (Lipinski definition) is 8. The number of nitrogens with one attached hydrogen (secondary N) is 1. The Morgan fingerprint density at radius 2 is 1.81 bits per heavy atom. The minimum absolute atomic E-state index is 0.202. The van der Waals surface area contributed by atoms with Crippen LogP contribution in [0.2, 0.25) is 0 Å². The largest absolute Gasteiger partial charge is 0.379 e. The van der Waals surface area contributed by atoms with E-state index in [9.17, 15) is 12.8 Å². The lowest BCUT2D eigenvalue weighted by Gasteiger charge is -2.32. The molecule has 230 valence electrons. The second-order valence-electron chi connectivity index (χ2n) is 11.3. The van der Waals surface area contributed by atoms with Crippen molar-refractivity contribution in [3.05, 3.63) is 76.3 Å². The maximum Gasteiger partial charge on any atom is 0.214 e. The number of aromatic nitrogens is 3. The number of pyridine rings is 1. The summed E-state index contributed by atoms with van der Waals surface area (Å²) in [6.07, 6.45) is 5.81. The SMILES string of the molecule is CCc1nc2ccc(C3CCN(S(=O)(=O)CCCN4CCOCC4)CC3)cn2c1Nc1nc(Cc2ccc(F)cc2)cs1. The maximum absolute atomic E-state index is 13.3. The molecule has 0 radical (unpaired) electrons. The second kappa shape index (κ2) is 13.4. The van der Waals surface area contributed by atoms with Crippen molar-refractivity contribution >= 4 is 38.0 Å². The Morgan fingerprint density at radius 1 is 1.05 bits per heavy atom. The molecular formula is C31H39FN6O3S2. The summed E-state index contributed by atoms with van der Waals surface area (Å²) in [7, 11) is -3.26. The first kappa shape index (κ1) is 30.1. The number of halogens is 1. The third kappa shape index (κ3) is 7.26. The molecule has 2 fully saturated rings. The molecule has 0 spiro atoms. The first-order chi connectivity index (χ1) is 20.9. The van der Waals surface area contributed by atoms with E-state index in [-0.39, 0.29) is 17.5 Å². The molecule has 6 rings (SSSR count). The predicted molar refractivity (Wildman–Crippen MR) is 168 cm³/mol. The van der Waals surface area contributed by atoms with Crippen LogP contribution in [0.3, 0.4) is 0 Å². The number of rotatable bonds is 11. The Kier molecular flexibility index (Phi) is 9.39. The number of ether oxygens (including phenoxy) is 1. The summed E-state index contributed by atoms with van der Waals surface area (Å²) < 4.78 is 48.6. The number of anilines is 2. The van der Waals surface area contributed by atoms with Crippen LogP contribution in [-0.2, 0) is 27.6 Å². The van der Waals surface area contributed by atoms with E-state index in [1.165, 1.54) is 29.0 Å². The number of fused-ring (bicyclic) bond motifs is 1. The van der Waals surface area contributed by atoms with Crippen molar-refractivity contribution in [1.82, 2.24) is 23.6 Å². The van der Waals surface area contributed by atoms with Gasteiger partial charge in [0.25, 0.3) is 0 Å². The van der Waals surface area contributed by atoms with E-state index in [4.69, 9.17) is 14.7 Å². The molecule has 0 unspecified atom stereocenters. The number of nitrogens with zero attached hydrogens (tertiary/aromatic N) is 5. The van der Waals surface area contributed by atoms with Gasteiger partial charge in [0.15, 0.2) is 5.13 Å². The van der Waals surface area contributed by atoms with E-state index < -0.39 is 10.0 Å². The fourth-order valence-corrected chi connectivity index (χ4v) is 8.21. The van der Waals surface area contributed by atoms with Crippen LogP contribution in [0.1, 0.15) is 54.6 Å². The maximum atomic E-state index is 13.3. The van der Waals surface area contributed by atoms with Gasteiger partial charge < -0.3 is 10.1 Å². The number of aryl methyl sites for hydroxylation is 1. The third-order valence-corrected chi connectivity index (χ3v) is 11.2. The number of benzene rings is 1. The van der Waals surface area contributed by atoms with Crippen LogP contribution >= 0.6 is 11.3 Å². The summed E-state index contributed by atoms with van der Waals surface area (Å²) in [6, 6.07) is 10.7. The molecule has 2 saturated heterocycles. The van der Waals surface area contributed by atoms with Gasteiger partial charge in [-0.05, 0) is 67.5 Å². The van der Waals surface area contributed by atoms with Crippen molar-refractivity contribution in [2.24, 2.45) is 0 Å². The summed E-state index contributed by atoms with van der Waals surface area (Å²) in [6.45, 7) is 7.21. The normalized spacial score (nSPS) is 17.5. The molecule has 0 aliphatic carbocycles. The van der Waals surface area contributed by atoms with Gasteiger partial charge in [-0.25, -0.2) is 27.1 Å². The van der Waals surface area contributed by atoms with Gasteiger partial charge >= 0.3 is 0 Å². The Morgan fingerprint density at radius 3 is 2.56 bits per heavy atom. The average molecular weight is 627 g/mol. The van der Waals surface area contributed by atoms with Crippen LogP contribution in [0.25, 0.3) is 5.65 Å². The molecule has 1 N–H and O–H groups in total. The van der Waals surface area contributed by atoms with Gasteiger partial charge in [-0.1, -0.05) is 25.1 Å². The van der Waals surface area contributed by atoms with Crippen molar-refractivity contribution in [2.45, 2.75) is 44.9 Å². The van der Waals surface area contributed by atoms with Gasteiger partial charge in [0.2, 0.25) is 10.0 Å². The average Bonchev–Trinajstić information content (AvgIpc) is 3.62. The van der Waals surface area contributed by atoms with Gasteiger partial charge in [0.05, 0.1) is 30.4 Å². The van der Waals surface area contributed by atoms with E-state index >= 15 is 0 Å². The van der Waals surface area contributed by atoms with E-state index in [0.29, 0.717) is 25.9 Å². The fourth-order valence-electron chi connectivity index (χ4n) is 5.98. The van der Waals surface area contributed by atoms with Crippen LogP contribution in [0.5, 0.6) is 0 Å². The second-order valence-corrected chi connectivity index (χ2v) is 14.3. The first-order valence-electron chi connectivity index (χ1n) is 15.1. The lowest BCUT2D eigenvalue weighted by atomic mass is 9.91. The highest BCUT2D eigenvalue weighted by atomic mass is 32.2. The molecule has 3 aromatic heterocycles. The van der Waals surface area contributed by atoms with Crippen molar-refractivity contribution in [3.8, 4) is 0 Å². The Balaban J connectivity index is 1.10. The Hall–Kier alpha value is -2.90. The Bertz CT molecular complexity index is 1620. The molecular weight excluding hydrogens is 588 g/mol. The molecule has 0 amide bonds. The van der Waals surface area contributed by atoms with E-state index in [1.807, 2.05) is 5.38 Å². The van der Waals surface area contributed by atoms with Gasteiger partial charge in [0.1, 0.15) is 17.3 Å². The zero-order valence-electron chi connectivity index (χ0n) is 24.5. The van der Waals surface area contributed by atoms with Crippen LogP contribution < -0.4 is 5.32 Å². The molecule has 2 aliphatic rings. The topological polar surface area (TPSA) is 92.1 Å². The summed E-state index contributed by atoms with van der Waals surface area (Å²) in [5.41, 5.74) is 4.96. The van der Waals surface area contributed by atoms with Crippen LogP contribution in [0.4, 0.5) is 15.3 Å². The number of morpholine rings is 1. The van der Waals surface area contributed by atoms with Gasteiger partial charge in [-0.15, -0.1) is 11.3 Å². The fraction of sp³-hybridized carbons (Fsp3) is 0.484. The molecule has 0 saturated carbocycles. The van der Waals surface area contributed by atoms with Crippen LogP contribution in [0, 0.1) is 5.82 Å². The molecule has 12 heteroatoms. The standard InChI is InChI=1S/C31H39FN6O3S2/c1-2-28-30(35-31-33-27(22-42-31)20-23-4-7-26(32)8-5-23)38-21-25(6-9-29(38)34-28)24-10-13-37(14-11-24)43(39,40)19-3-12-36-15-17-41-18-16-36/h4-9,21-22,24H,2-3,10-20H2,1H3,(H,33,35). The van der Waals surface area contributed by atoms with E-state index in [0.717, 1.165) is 85.7 Å². The highest BCUT2D eigenvalue weighted by Crippen LogP contribution is 2.32. The highest BCUT2D eigenvalue weighted by molar-refractivity contribution is 7.89. The van der Waals surface area contributed by atoms with E-state index in [2.05, 4.69) is 39.9 Å². The summed E-state index contributed by atoms with van der Waals surface area (Å²) in [5, 5.41) is 6.32. The van der Waals surface area contributed by atoms with E-state index in [1.54, 1.807) is 16.4 Å². The molecule has 4 aromatic rings. The van der Waals surface area contributed by atoms with Crippen LogP contribution in [0.15, 0.2) is 48.0 Å². The number of sulfonamides is 1. The van der Waals surface area contributed by atoms with Crippen LogP contribution in [-0.4, -0.2) is 83.7 Å². The minimum atomic E-state index is -3.26. The number of piperidine rings is 1. The van der Waals surface area contributed by atoms with Crippen molar-refractivity contribution in [1.29, 1.82) is 0 Å². The first-order valence-corrected chi connectivity index (χ1v) is 17.6. The number of hydrogen-bond donors (Lipinski definition) is 1. The van der Waals surface area contributed by atoms with Crippen molar-refractivity contribution in [2.75, 3.05) is 57.0 Å². The third-order valence-electron chi connectivity index (χ3n) is 8.42. The summed E-state index contributed by atoms with van der Waals surface area (Å²) >= 11 is 1.54. The molecule has 9 nitrogen and oxygen atoms in total. The number of thiazole rings is 1. The minimum Gasteiger partial charge on any atom is -0.379 e. The zero-order chi connectivity index (χ0) is 29.8. The molecule has 43 heavy (non-hydrogen) atoms. The monoisotopic (exact) mass is 626 g/mol. The van der Waals surface area contributed by atoms with Gasteiger partial charge in [0, 0.05) is 44.2 Å². The molecule has 2 aliphatic heterocycles. The molecule has 0 atom stereocenters. The lowest BCUT2D eigenvalue weighted by molar-refractivity contribution is 0.0380. The lowest BCUT2D eigenvalue weighted by Crippen LogP contribution is -2.41. The van der Waals surface area contributed by atoms with Crippen molar-refractivity contribution in [3.63, 3.8) is 0 Å². The summed E-state index contributed by atoms with van der Waals surface area (Å²) in [4.78, 5) is 11.9. The smallest absolute Gasteiger partial charge is 0.214 e. The van der Waals surface area contributed by atoms with Gasteiger partial charge in [-0.2, -0.15) is 0 Å². The summed E-state index contributed by atoms with van der Waals surface area (Å²) in [5.74, 6) is 1.15. The van der Waals surface area contributed by atoms with Gasteiger partial charge in [-0.3, -0.25) is 9.30 Å². The number of imidazole rings is 1. The Labute approximate surface area is 256 Å². The molecule has 5 heterocycles. The quantitative estimate of drug-likeness (QED) is 0.249.